The van der Waals surface area contributed by atoms with Crippen LogP contribution in [0.1, 0.15) is 24.0 Å². The number of piperazine rings is 1. The van der Waals surface area contributed by atoms with E-state index in [0.29, 0.717) is 24.6 Å². The van der Waals surface area contributed by atoms with E-state index >= 15 is 0 Å². The monoisotopic (exact) mass is 548 g/mol. The molecule has 0 radical (unpaired) electrons. The Morgan fingerprint density at radius 3 is 1.52 bits per heavy atom. The van der Waals surface area contributed by atoms with Crippen molar-refractivity contribution >= 4 is 24.0 Å². The Kier molecular flexibility index (Phi) is 9.54. The molecule has 2 aromatic carbocycles. The number of rotatable bonds is 12. The van der Waals surface area contributed by atoms with Crippen molar-refractivity contribution in [2.75, 3.05) is 65.9 Å². The molecule has 40 heavy (non-hydrogen) atoms. The quantitative estimate of drug-likeness (QED) is 0.308. The molecule has 2 amide bonds. The predicted octanol–water partition coefficient (Wildman–Crippen LogP) is 2.50. The molecule has 0 bridgehead atoms. The van der Waals surface area contributed by atoms with E-state index in [4.69, 9.17) is 18.9 Å². The van der Waals surface area contributed by atoms with E-state index in [2.05, 4.69) is 20.4 Å². The van der Waals surface area contributed by atoms with Gasteiger partial charge in [-0.1, -0.05) is 12.1 Å². The highest BCUT2D eigenvalue weighted by molar-refractivity contribution is 5.92. The number of hydrogen-bond acceptors (Lipinski definition) is 8. The fourth-order valence-electron chi connectivity index (χ4n) is 4.76. The Morgan fingerprint density at radius 2 is 1.07 bits per heavy atom. The van der Waals surface area contributed by atoms with E-state index in [0.717, 1.165) is 74.7 Å². The minimum atomic E-state index is -0.0991. The van der Waals surface area contributed by atoms with Crippen LogP contribution in [-0.4, -0.2) is 87.6 Å². The highest BCUT2D eigenvalue weighted by Gasteiger charge is 2.16. The number of fused-ring (bicyclic) bond motifs is 2. The van der Waals surface area contributed by atoms with Gasteiger partial charge in [-0.15, -0.1) is 0 Å². The number of ether oxygens (including phenoxy) is 4. The van der Waals surface area contributed by atoms with Crippen molar-refractivity contribution in [2.45, 2.75) is 12.8 Å². The van der Waals surface area contributed by atoms with Gasteiger partial charge < -0.3 is 39.4 Å². The van der Waals surface area contributed by atoms with Crippen LogP contribution >= 0.6 is 0 Å². The maximum absolute atomic E-state index is 12.1. The van der Waals surface area contributed by atoms with Gasteiger partial charge >= 0.3 is 0 Å². The number of hydrogen-bond donors (Lipinski definition) is 2. The van der Waals surface area contributed by atoms with Crippen LogP contribution in [0.25, 0.3) is 12.2 Å². The summed E-state index contributed by atoms with van der Waals surface area (Å²) in [7, 11) is 0. The van der Waals surface area contributed by atoms with Crippen molar-refractivity contribution in [3.8, 4) is 23.0 Å². The van der Waals surface area contributed by atoms with Gasteiger partial charge in [0.25, 0.3) is 0 Å². The molecular formula is C30H36N4O6. The molecule has 10 nitrogen and oxygen atoms in total. The third-order valence-corrected chi connectivity index (χ3v) is 7.01. The molecule has 2 aromatic rings. The second-order valence-electron chi connectivity index (χ2n) is 9.86. The lowest BCUT2D eigenvalue weighted by Gasteiger charge is -2.34. The van der Waals surface area contributed by atoms with Crippen LogP contribution in [0.2, 0.25) is 0 Å². The van der Waals surface area contributed by atoms with Gasteiger partial charge in [-0.2, -0.15) is 0 Å². The largest absolute Gasteiger partial charge is 0.454 e. The van der Waals surface area contributed by atoms with Gasteiger partial charge in [0, 0.05) is 51.4 Å². The maximum Gasteiger partial charge on any atom is 0.243 e. The first kappa shape index (κ1) is 27.5. The van der Waals surface area contributed by atoms with Crippen molar-refractivity contribution in [1.29, 1.82) is 0 Å². The Hall–Kier alpha value is -4.02. The zero-order chi connectivity index (χ0) is 27.6. The van der Waals surface area contributed by atoms with Gasteiger partial charge in [0.1, 0.15) is 0 Å². The molecule has 10 heteroatoms. The Balaban J connectivity index is 0.886. The molecule has 0 aliphatic carbocycles. The van der Waals surface area contributed by atoms with E-state index in [1.807, 2.05) is 36.4 Å². The van der Waals surface area contributed by atoms with Gasteiger partial charge in [0.05, 0.1) is 0 Å². The minimum Gasteiger partial charge on any atom is -0.454 e. The van der Waals surface area contributed by atoms with E-state index in [1.54, 1.807) is 24.3 Å². The minimum absolute atomic E-state index is 0.0991. The van der Waals surface area contributed by atoms with Crippen molar-refractivity contribution in [3.05, 3.63) is 59.7 Å². The zero-order valence-electron chi connectivity index (χ0n) is 22.6. The summed E-state index contributed by atoms with van der Waals surface area (Å²) >= 11 is 0. The van der Waals surface area contributed by atoms with Crippen LogP contribution in [0.5, 0.6) is 23.0 Å². The molecule has 0 saturated carbocycles. The summed E-state index contributed by atoms with van der Waals surface area (Å²) in [5.41, 5.74) is 1.79. The molecule has 2 N–H and O–H groups in total. The Bertz CT molecular complexity index is 1140. The van der Waals surface area contributed by atoms with E-state index in [-0.39, 0.29) is 25.4 Å². The highest BCUT2D eigenvalue weighted by Crippen LogP contribution is 2.33. The number of carbonyl (C=O) groups excluding carboxylic acids is 2. The lowest BCUT2D eigenvalue weighted by molar-refractivity contribution is -0.117. The van der Waals surface area contributed by atoms with Gasteiger partial charge in [0.2, 0.25) is 25.4 Å². The molecule has 0 spiro atoms. The van der Waals surface area contributed by atoms with Crippen molar-refractivity contribution in [1.82, 2.24) is 20.4 Å². The molecule has 3 aliphatic rings. The smallest absolute Gasteiger partial charge is 0.243 e. The summed E-state index contributed by atoms with van der Waals surface area (Å²) in [6, 6.07) is 11.2. The fourth-order valence-corrected chi connectivity index (χ4v) is 4.76. The molecule has 1 saturated heterocycles. The summed E-state index contributed by atoms with van der Waals surface area (Å²) in [4.78, 5) is 29.2. The van der Waals surface area contributed by atoms with Gasteiger partial charge in [0.15, 0.2) is 23.0 Å². The predicted molar refractivity (Wildman–Crippen MR) is 151 cm³/mol. The molecule has 3 aliphatic heterocycles. The highest BCUT2D eigenvalue weighted by atomic mass is 16.7. The van der Waals surface area contributed by atoms with Crippen LogP contribution < -0.4 is 29.6 Å². The molecule has 1 fully saturated rings. The standard InChI is InChI=1S/C30H36N4O6/c35-29(9-5-23-3-7-25-27(19-23)39-21-37-25)31-11-1-13-33-15-17-34(18-16-33)14-2-12-32-30(36)10-6-24-4-8-26-28(20-24)40-22-38-26/h3-10,19-20H,1-2,11-18,21-22H2,(H,31,35)(H,32,36)/b9-5+,10-6+. The lowest BCUT2D eigenvalue weighted by Crippen LogP contribution is -2.47. The second-order valence-corrected chi connectivity index (χ2v) is 9.86. The topological polar surface area (TPSA) is 102 Å². The Morgan fingerprint density at radius 1 is 0.650 bits per heavy atom. The van der Waals surface area contributed by atoms with Crippen LogP contribution in [0.15, 0.2) is 48.6 Å². The molecule has 0 unspecified atom stereocenters. The molecule has 212 valence electrons. The summed E-state index contributed by atoms with van der Waals surface area (Å²) in [6.07, 6.45) is 8.48. The average molecular weight is 549 g/mol. The fraction of sp³-hybridized carbons (Fsp3) is 0.400. The lowest BCUT2D eigenvalue weighted by atomic mass is 10.2. The average Bonchev–Trinajstić information content (AvgIpc) is 3.65. The summed E-state index contributed by atoms with van der Waals surface area (Å²) in [6.45, 7) is 7.76. The summed E-state index contributed by atoms with van der Waals surface area (Å²) < 4.78 is 21.3. The van der Waals surface area contributed by atoms with Crippen LogP contribution in [-0.2, 0) is 9.59 Å². The normalized spacial score (nSPS) is 16.6. The first-order valence-electron chi connectivity index (χ1n) is 13.8. The number of carbonyl (C=O) groups is 2. The molecular weight excluding hydrogens is 512 g/mol. The van der Waals surface area contributed by atoms with E-state index in [9.17, 15) is 9.59 Å². The van der Waals surface area contributed by atoms with Crippen LogP contribution in [0.4, 0.5) is 0 Å². The van der Waals surface area contributed by atoms with Crippen molar-refractivity contribution < 1.29 is 28.5 Å². The van der Waals surface area contributed by atoms with Gasteiger partial charge in [-0.25, -0.2) is 0 Å². The first-order valence-corrected chi connectivity index (χ1v) is 13.8. The number of amides is 2. The third kappa shape index (κ3) is 8.00. The van der Waals surface area contributed by atoms with E-state index in [1.165, 1.54) is 0 Å². The molecule has 3 heterocycles. The SMILES string of the molecule is O=C(/C=C/c1ccc2c(c1)OCO2)NCCCN1CCN(CCCNC(=O)/C=C/c2ccc3c(c2)OCO3)CC1. The van der Waals surface area contributed by atoms with Crippen LogP contribution in [0, 0.1) is 0 Å². The number of nitrogens with one attached hydrogen (secondary N) is 2. The Labute approximate surface area is 234 Å². The molecule has 5 rings (SSSR count). The molecule has 0 aromatic heterocycles. The van der Waals surface area contributed by atoms with Crippen LogP contribution in [0.3, 0.4) is 0 Å². The summed E-state index contributed by atoms with van der Waals surface area (Å²) in [5.74, 6) is 2.67. The van der Waals surface area contributed by atoms with Gasteiger partial charge in [-0.05, 0) is 73.5 Å². The molecule has 0 atom stereocenters. The first-order chi connectivity index (χ1) is 19.6. The van der Waals surface area contributed by atoms with E-state index < -0.39 is 0 Å². The maximum atomic E-state index is 12.1. The van der Waals surface area contributed by atoms with Crippen molar-refractivity contribution in [3.63, 3.8) is 0 Å². The van der Waals surface area contributed by atoms with Crippen molar-refractivity contribution in [2.24, 2.45) is 0 Å². The summed E-state index contributed by atoms with van der Waals surface area (Å²) in [5, 5.41) is 5.91. The number of benzene rings is 2. The third-order valence-electron chi connectivity index (χ3n) is 7.01. The van der Waals surface area contributed by atoms with Gasteiger partial charge in [-0.3, -0.25) is 9.59 Å². The second kappa shape index (κ2) is 13.9. The number of nitrogens with zero attached hydrogens (tertiary/aromatic N) is 2. The zero-order valence-corrected chi connectivity index (χ0v) is 22.6.